The number of hydrogen-bond donors (Lipinski definition) is 12. The minimum Gasteiger partial charge on any atom is -0.477 e. The molecule has 0 unspecified atom stereocenters. The van der Waals surface area contributed by atoms with Crippen LogP contribution in [0.2, 0.25) is 0 Å². The molecule has 4 aromatic carbocycles. The molecule has 0 spiro atoms. The number of benzene rings is 4. The van der Waals surface area contributed by atoms with Gasteiger partial charge in [0.25, 0.3) is 23.5 Å². The predicted molar refractivity (Wildman–Crippen MR) is 336 cm³/mol. The molecule has 2 heterocycles. The fraction of sp³-hybridized carbons (Fsp3) is 0.446. The van der Waals surface area contributed by atoms with E-state index < -0.39 is 122 Å². The Morgan fingerprint density at radius 2 is 1.07 bits per heavy atom. The summed E-state index contributed by atoms with van der Waals surface area (Å²) >= 11 is 3.03. The first-order valence-electron chi connectivity index (χ1n) is 29.5. The van der Waals surface area contributed by atoms with Crippen molar-refractivity contribution < 1.29 is 93.0 Å². The fourth-order valence-corrected chi connectivity index (χ4v) is 11.4. The number of nitrogens with one attached hydrogen (secondary N) is 5. The topological polar surface area (TPSA) is 375 Å². The Morgan fingerprint density at radius 3 is 1.56 bits per heavy atom. The summed E-state index contributed by atoms with van der Waals surface area (Å²) in [7, 11) is 0. The number of carbonyl (C=O) groups is 8. The van der Waals surface area contributed by atoms with Gasteiger partial charge >= 0.3 is 5.97 Å². The molecule has 2 fully saturated rings. The lowest BCUT2D eigenvalue weighted by Gasteiger charge is -2.46. The first-order chi connectivity index (χ1) is 43.6. The highest BCUT2D eigenvalue weighted by Gasteiger charge is 2.56. The van der Waals surface area contributed by atoms with E-state index in [9.17, 15) is 74.1 Å². The first-order valence-corrected chi connectivity index (χ1v) is 31.8. The van der Waals surface area contributed by atoms with E-state index in [1.165, 1.54) is 30.4 Å². The Kier molecular flexibility index (Phi) is 29.1. The lowest BCUT2D eigenvalue weighted by molar-refractivity contribution is -0.310. The Labute approximate surface area is 535 Å². The van der Waals surface area contributed by atoms with Gasteiger partial charge in [0.1, 0.15) is 24.4 Å². The molecule has 488 valence electrons. The fourth-order valence-electron chi connectivity index (χ4n) is 9.79. The van der Waals surface area contributed by atoms with E-state index in [0.717, 1.165) is 18.1 Å². The van der Waals surface area contributed by atoms with Gasteiger partial charge in [-0.15, -0.1) is 0 Å². The molecule has 0 saturated carbocycles. The molecule has 2 aliphatic heterocycles. The Balaban J connectivity index is 0.857. The van der Waals surface area contributed by atoms with Crippen molar-refractivity contribution in [1.29, 1.82) is 0 Å². The Bertz CT molecular complexity index is 3200. The van der Waals surface area contributed by atoms with Gasteiger partial charge < -0.3 is 81.3 Å². The number of ether oxygens (including phenoxy) is 4. The summed E-state index contributed by atoms with van der Waals surface area (Å²) in [4.78, 5) is 99.9. The number of hydrogen-bond acceptors (Lipinski definition) is 20. The van der Waals surface area contributed by atoms with Gasteiger partial charge in [-0.1, -0.05) is 84.6 Å². The van der Waals surface area contributed by atoms with E-state index in [2.05, 4.69) is 50.3 Å². The quantitative estimate of drug-likeness (QED) is 0.0141. The summed E-state index contributed by atoms with van der Waals surface area (Å²) in [5, 5.41) is 88.9. The number of Topliss-reactive ketones (excluding diaryl/α,β-unsaturated/α-hetero) is 1. The van der Waals surface area contributed by atoms with Crippen LogP contribution >= 0.6 is 23.5 Å². The summed E-state index contributed by atoms with van der Waals surface area (Å²) in [5.41, 5.74) is 3.79. The van der Waals surface area contributed by atoms with Gasteiger partial charge in [-0.25, -0.2) is 4.79 Å². The van der Waals surface area contributed by atoms with Crippen molar-refractivity contribution in [3.8, 4) is 34.8 Å². The van der Waals surface area contributed by atoms with Crippen LogP contribution in [0.25, 0.3) is 11.1 Å². The highest BCUT2D eigenvalue weighted by Crippen LogP contribution is 2.35. The van der Waals surface area contributed by atoms with Crippen LogP contribution in [0.5, 0.6) is 0 Å². The zero-order valence-corrected chi connectivity index (χ0v) is 51.8. The average molecular weight is 1300 g/mol. The van der Waals surface area contributed by atoms with E-state index in [1.54, 1.807) is 97.1 Å². The molecular formula is C65H77N5O19S2. The summed E-state index contributed by atoms with van der Waals surface area (Å²) in [6, 6.07) is 28.9. The molecule has 2 saturated heterocycles. The van der Waals surface area contributed by atoms with E-state index >= 15 is 0 Å². The smallest absolute Gasteiger partial charge is 0.364 e. The van der Waals surface area contributed by atoms with Crippen LogP contribution in [0.3, 0.4) is 0 Å². The molecule has 26 heteroatoms. The molecule has 2 aliphatic rings. The minimum absolute atomic E-state index is 0.00577. The third-order valence-corrected chi connectivity index (χ3v) is 16.7. The van der Waals surface area contributed by atoms with Crippen molar-refractivity contribution >= 4 is 71.1 Å². The van der Waals surface area contributed by atoms with Crippen LogP contribution in [0.1, 0.15) is 84.2 Å². The van der Waals surface area contributed by atoms with Crippen LogP contribution in [0.15, 0.2) is 109 Å². The van der Waals surface area contributed by atoms with Crippen molar-refractivity contribution in [2.24, 2.45) is 0 Å². The minimum atomic E-state index is -2.46. The van der Waals surface area contributed by atoms with E-state index in [0.29, 0.717) is 77.4 Å². The van der Waals surface area contributed by atoms with Gasteiger partial charge in [0, 0.05) is 92.6 Å². The van der Waals surface area contributed by atoms with Gasteiger partial charge in [-0.3, -0.25) is 33.6 Å². The number of aliphatic carboxylic acids is 1. The van der Waals surface area contributed by atoms with E-state index in [-0.39, 0.29) is 37.7 Å². The monoisotopic (exact) mass is 1300 g/mol. The number of carboxylic acids is 1. The number of aliphatic hydroxyl groups is 6. The van der Waals surface area contributed by atoms with Crippen LogP contribution < -0.4 is 26.6 Å². The molecule has 91 heavy (non-hydrogen) atoms. The number of aldehydes is 1. The van der Waals surface area contributed by atoms with Gasteiger partial charge in [-0.2, -0.15) is 23.5 Å². The molecule has 12 N–H and O–H groups in total. The van der Waals surface area contributed by atoms with Crippen molar-refractivity contribution in [3.05, 3.63) is 131 Å². The van der Waals surface area contributed by atoms with E-state index in [1.807, 2.05) is 12.1 Å². The zero-order valence-electron chi connectivity index (χ0n) is 50.2. The molecule has 6 rings (SSSR count). The lowest BCUT2D eigenvalue weighted by Crippen LogP contribution is -2.68. The maximum atomic E-state index is 13.1. The van der Waals surface area contributed by atoms with Crippen molar-refractivity contribution in [3.63, 3.8) is 0 Å². The Hall–Kier alpha value is -7.54. The third-order valence-electron chi connectivity index (χ3n) is 14.5. The Morgan fingerprint density at radius 1 is 0.604 bits per heavy atom. The van der Waals surface area contributed by atoms with E-state index in [4.69, 9.17) is 18.9 Å². The zero-order chi connectivity index (χ0) is 65.9. The highest BCUT2D eigenvalue weighted by molar-refractivity contribution is 7.99. The summed E-state index contributed by atoms with van der Waals surface area (Å²) in [6.07, 6.45) is -12.4. The van der Waals surface area contributed by atoms with Crippen LogP contribution in [-0.2, 0) is 47.7 Å². The lowest BCUT2D eigenvalue weighted by atomic mass is 9.88. The van der Waals surface area contributed by atoms with Crippen molar-refractivity contribution in [1.82, 2.24) is 26.6 Å². The summed E-state index contributed by atoms with van der Waals surface area (Å²) < 4.78 is 23.3. The molecule has 5 amide bonds. The molecule has 12 atom stereocenters. The maximum absolute atomic E-state index is 13.1. The normalized spacial score (nSPS) is 22.3. The van der Waals surface area contributed by atoms with Crippen LogP contribution in [-0.4, -0.2) is 212 Å². The number of carbonyl (C=O) groups excluding carboxylic acids is 7. The molecule has 0 aromatic heterocycles. The van der Waals surface area contributed by atoms with Gasteiger partial charge in [0.05, 0.1) is 49.7 Å². The summed E-state index contributed by atoms with van der Waals surface area (Å²) in [6.45, 7) is 1.53. The van der Waals surface area contributed by atoms with Gasteiger partial charge in [0.15, 0.2) is 12.1 Å². The number of rotatable bonds is 32. The average Bonchev–Trinajstić information content (AvgIpc) is 0.805. The molecule has 24 nitrogen and oxygen atoms in total. The second-order valence-electron chi connectivity index (χ2n) is 21.5. The standard InChI is InChI=1S/C65H77N5O19S2/c1-41(72)69-56-50(75)36-64(40-71,88-60(56)58(81)52(77)38-67-54(79)27-17-43-12-5-3-6-13-43)86-30-10-34-91-35-29-66-62(83)48-25-21-46(22-26-48)45-19-23-47(24-20-45)49(74)16-9-32-90-33-11-31-87-65(63(84)85)37-51(76)57(70-42(2)73)61(89-65)59(82)53(78)39-68-55(80)28-18-44-14-7-4-8-15-44/h3-8,12-15,19-26,40,50-53,56-61,75-78,81-82H,9-11,16,29-39H2,1-2H3,(H,66,83)(H,67,79)(H,68,80)(H,69,72)(H,70,73)(H,84,85)/t50-,51-,52+,53+,56+,57+,58+,59+,60+,61+,64+,65+/m0/s1. The predicted octanol–water partition coefficient (Wildman–Crippen LogP) is 1.09. The highest BCUT2D eigenvalue weighted by atomic mass is 32.2. The largest absolute Gasteiger partial charge is 0.477 e. The second-order valence-corrected chi connectivity index (χ2v) is 23.9. The number of thioether (sulfide) groups is 2. The molecular weight excluding hydrogens is 1220 g/mol. The van der Waals surface area contributed by atoms with Crippen molar-refractivity contribution in [2.75, 3.05) is 55.9 Å². The number of ketones is 1. The summed E-state index contributed by atoms with van der Waals surface area (Å²) in [5.74, 6) is 3.19. The third kappa shape index (κ3) is 22.7. The second kappa shape index (κ2) is 36.5. The first kappa shape index (κ1) is 72.5. The number of amides is 5. The van der Waals surface area contributed by atoms with Crippen LogP contribution in [0, 0.1) is 23.7 Å². The number of carboxylic acid groups (broad SMARTS) is 1. The molecule has 0 radical (unpaired) electrons. The van der Waals surface area contributed by atoms with Gasteiger partial charge in [-0.05, 0) is 84.0 Å². The number of aliphatic hydroxyl groups excluding tert-OH is 6. The molecule has 0 aliphatic carbocycles. The maximum Gasteiger partial charge on any atom is 0.364 e. The van der Waals surface area contributed by atoms with Gasteiger partial charge in [0.2, 0.25) is 17.6 Å². The van der Waals surface area contributed by atoms with Crippen LogP contribution in [0.4, 0.5) is 0 Å². The molecule has 0 bridgehead atoms. The SMILES string of the molecule is CC(=O)N[C@H]1[C@H]([C@H](O)[C@H](O)CNC(=O)C#Cc2ccccc2)O[C@](C=O)(OCCCSCCNC(=O)c2ccc(-c3ccc(C(=O)CCCSCCCO[C@]4(C(=O)O)C[C@H](O)[C@@H](NC(C)=O)[C@H]([C@H](O)[C@H](O)CNC(=O)C#Cc5ccccc5)O4)cc3)cc2)C[C@@H]1O. The van der Waals surface area contributed by atoms with Crippen molar-refractivity contribution in [2.45, 2.75) is 125 Å². The molecule has 4 aromatic rings.